The first-order valence-corrected chi connectivity index (χ1v) is 6.13. The Kier molecular flexibility index (Phi) is 6.07. The number of nitro groups is 1. The molecule has 0 aromatic carbocycles. The fraction of sp³-hybridized carbons (Fsp3) is 0.583. The number of aromatic nitrogens is 1. The standard InChI is InChI=1S/C12H19N3O3/c1-2-4-10(6-8-16)9-14-11-5-3-7-13-12(11)15(17)18/h3,5,7,10,14,16H,2,4,6,8-9H2,1H3. The first kappa shape index (κ1) is 14.4. The van der Waals surface area contributed by atoms with Crippen LogP contribution in [-0.2, 0) is 0 Å². The summed E-state index contributed by atoms with van der Waals surface area (Å²) < 4.78 is 0. The highest BCUT2D eigenvalue weighted by Gasteiger charge is 2.15. The summed E-state index contributed by atoms with van der Waals surface area (Å²) in [5.41, 5.74) is 0.432. The number of nitrogens with zero attached hydrogens (tertiary/aromatic N) is 2. The highest BCUT2D eigenvalue weighted by molar-refractivity contribution is 5.56. The zero-order valence-electron chi connectivity index (χ0n) is 10.5. The first-order valence-electron chi connectivity index (χ1n) is 6.13. The Morgan fingerprint density at radius 2 is 2.33 bits per heavy atom. The van der Waals surface area contributed by atoms with E-state index in [9.17, 15) is 10.1 Å². The van der Waals surface area contributed by atoms with Gasteiger partial charge in [-0.15, -0.1) is 0 Å². The van der Waals surface area contributed by atoms with Gasteiger partial charge in [0, 0.05) is 13.2 Å². The van der Waals surface area contributed by atoms with Crippen molar-refractivity contribution in [3.05, 3.63) is 28.4 Å². The van der Waals surface area contributed by atoms with Gasteiger partial charge >= 0.3 is 5.82 Å². The van der Waals surface area contributed by atoms with E-state index in [0.717, 1.165) is 12.8 Å². The van der Waals surface area contributed by atoms with E-state index in [0.29, 0.717) is 24.6 Å². The summed E-state index contributed by atoms with van der Waals surface area (Å²) in [6, 6.07) is 3.31. The quantitative estimate of drug-likeness (QED) is 0.547. The number of nitrogens with one attached hydrogen (secondary N) is 1. The van der Waals surface area contributed by atoms with Crippen molar-refractivity contribution >= 4 is 11.5 Å². The summed E-state index contributed by atoms with van der Waals surface area (Å²) in [7, 11) is 0. The van der Waals surface area contributed by atoms with Crippen molar-refractivity contribution in [1.29, 1.82) is 0 Å². The Morgan fingerprint density at radius 1 is 1.56 bits per heavy atom. The molecule has 1 heterocycles. The van der Waals surface area contributed by atoms with E-state index in [2.05, 4.69) is 17.2 Å². The van der Waals surface area contributed by atoms with Gasteiger partial charge in [-0.1, -0.05) is 13.3 Å². The van der Waals surface area contributed by atoms with Crippen LogP contribution in [0.5, 0.6) is 0 Å². The van der Waals surface area contributed by atoms with Crippen LogP contribution in [0.15, 0.2) is 18.3 Å². The molecule has 0 bridgehead atoms. The summed E-state index contributed by atoms with van der Waals surface area (Å²) in [6.45, 7) is 2.83. The molecule has 18 heavy (non-hydrogen) atoms. The third-order valence-electron chi connectivity index (χ3n) is 2.78. The van der Waals surface area contributed by atoms with Crippen molar-refractivity contribution in [3.8, 4) is 0 Å². The monoisotopic (exact) mass is 253 g/mol. The molecule has 0 saturated heterocycles. The van der Waals surface area contributed by atoms with Crippen LogP contribution in [0.25, 0.3) is 0 Å². The number of anilines is 1. The average molecular weight is 253 g/mol. The Bertz CT molecular complexity index is 379. The molecule has 6 heteroatoms. The van der Waals surface area contributed by atoms with Crippen molar-refractivity contribution in [1.82, 2.24) is 4.98 Å². The Morgan fingerprint density at radius 3 is 2.94 bits per heavy atom. The van der Waals surface area contributed by atoms with Gasteiger partial charge < -0.3 is 20.5 Å². The first-order chi connectivity index (χ1) is 8.69. The van der Waals surface area contributed by atoms with Crippen molar-refractivity contribution < 1.29 is 10.0 Å². The van der Waals surface area contributed by atoms with Gasteiger partial charge in [0.15, 0.2) is 0 Å². The number of rotatable bonds is 8. The van der Waals surface area contributed by atoms with Gasteiger partial charge in [0.1, 0.15) is 11.9 Å². The molecule has 0 amide bonds. The van der Waals surface area contributed by atoms with Gasteiger partial charge in [-0.3, -0.25) is 0 Å². The van der Waals surface area contributed by atoms with Gasteiger partial charge in [-0.25, -0.2) is 0 Å². The zero-order chi connectivity index (χ0) is 13.4. The molecule has 1 aromatic rings. The maximum atomic E-state index is 10.8. The summed E-state index contributed by atoms with van der Waals surface area (Å²) >= 11 is 0. The zero-order valence-corrected chi connectivity index (χ0v) is 10.5. The van der Waals surface area contributed by atoms with Gasteiger partial charge in [-0.05, 0) is 40.8 Å². The van der Waals surface area contributed by atoms with Crippen LogP contribution in [0.3, 0.4) is 0 Å². The third-order valence-corrected chi connectivity index (χ3v) is 2.78. The number of pyridine rings is 1. The lowest BCUT2D eigenvalue weighted by atomic mass is 10.0. The summed E-state index contributed by atoms with van der Waals surface area (Å²) in [6.07, 6.45) is 4.12. The second kappa shape index (κ2) is 7.60. The number of aliphatic hydroxyl groups is 1. The average Bonchev–Trinajstić information content (AvgIpc) is 2.36. The van der Waals surface area contributed by atoms with E-state index >= 15 is 0 Å². The summed E-state index contributed by atoms with van der Waals surface area (Å²) in [5.74, 6) is 0.163. The second-order valence-electron chi connectivity index (χ2n) is 4.18. The smallest absolute Gasteiger partial charge is 0.386 e. The molecule has 0 fully saturated rings. The van der Waals surface area contributed by atoms with Crippen molar-refractivity contribution in [2.45, 2.75) is 26.2 Å². The minimum atomic E-state index is -0.497. The van der Waals surface area contributed by atoms with Crippen LogP contribution < -0.4 is 5.32 Å². The lowest BCUT2D eigenvalue weighted by Crippen LogP contribution is -2.16. The molecule has 0 radical (unpaired) electrons. The molecule has 0 spiro atoms. The molecule has 0 saturated carbocycles. The molecule has 1 atom stereocenters. The topological polar surface area (TPSA) is 88.3 Å². The highest BCUT2D eigenvalue weighted by Crippen LogP contribution is 2.21. The lowest BCUT2D eigenvalue weighted by Gasteiger charge is -2.16. The molecule has 1 aromatic heterocycles. The van der Waals surface area contributed by atoms with Gasteiger partial charge in [0.2, 0.25) is 0 Å². The predicted molar refractivity (Wildman–Crippen MR) is 69.5 cm³/mol. The van der Waals surface area contributed by atoms with Crippen LogP contribution in [0.4, 0.5) is 11.5 Å². The van der Waals surface area contributed by atoms with E-state index in [4.69, 9.17) is 5.11 Å². The normalized spacial score (nSPS) is 12.1. The predicted octanol–water partition coefficient (Wildman–Crippen LogP) is 2.20. The van der Waals surface area contributed by atoms with Crippen molar-refractivity contribution in [2.24, 2.45) is 5.92 Å². The molecule has 0 aliphatic heterocycles. The van der Waals surface area contributed by atoms with E-state index in [-0.39, 0.29) is 12.4 Å². The second-order valence-corrected chi connectivity index (χ2v) is 4.18. The molecule has 6 nitrogen and oxygen atoms in total. The Balaban J connectivity index is 2.63. The van der Waals surface area contributed by atoms with Gasteiger partial charge in [0.05, 0.1) is 0 Å². The molecule has 0 aliphatic carbocycles. The molecular weight excluding hydrogens is 234 g/mol. The van der Waals surface area contributed by atoms with Crippen molar-refractivity contribution in [3.63, 3.8) is 0 Å². The molecule has 1 unspecified atom stereocenters. The fourth-order valence-electron chi connectivity index (χ4n) is 1.87. The maximum absolute atomic E-state index is 10.8. The number of hydrogen-bond donors (Lipinski definition) is 2. The minimum Gasteiger partial charge on any atom is -0.396 e. The van der Waals surface area contributed by atoms with E-state index in [1.807, 2.05) is 0 Å². The molecule has 1 rings (SSSR count). The number of hydrogen-bond acceptors (Lipinski definition) is 5. The Labute approximate surface area is 106 Å². The van der Waals surface area contributed by atoms with Crippen LogP contribution in [0, 0.1) is 16.0 Å². The van der Waals surface area contributed by atoms with Gasteiger partial charge in [0.25, 0.3) is 0 Å². The van der Waals surface area contributed by atoms with E-state index in [1.54, 1.807) is 12.1 Å². The van der Waals surface area contributed by atoms with Crippen LogP contribution >= 0.6 is 0 Å². The molecule has 2 N–H and O–H groups in total. The highest BCUT2D eigenvalue weighted by atomic mass is 16.6. The molecule has 0 aliphatic rings. The number of aliphatic hydroxyl groups excluding tert-OH is 1. The van der Waals surface area contributed by atoms with Crippen LogP contribution in [0.2, 0.25) is 0 Å². The van der Waals surface area contributed by atoms with Crippen molar-refractivity contribution in [2.75, 3.05) is 18.5 Å². The van der Waals surface area contributed by atoms with Crippen LogP contribution in [-0.4, -0.2) is 28.2 Å². The van der Waals surface area contributed by atoms with E-state index in [1.165, 1.54) is 6.20 Å². The summed E-state index contributed by atoms with van der Waals surface area (Å²) in [5, 5.41) is 22.8. The largest absolute Gasteiger partial charge is 0.396 e. The molecular formula is C12H19N3O3. The Hall–Kier alpha value is -1.69. The summed E-state index contributed by atoms with van der Waals surface area (Å²) in [4.78, 5) is 14.0. The third kappa shape index (κ3) is 4.29. The van der Waals surface area contributed by atoms with Crippen LogP contribution in [0.1, 0.15) is 26.2 Å². The maximum Gasteiger partial charge on any atom is 0.386 e. The lowest BCUT2D eigenvalue weighted by molar-refractivity contribution is -0.388. The molecule has 100 valence electrons. The SMILES string of the molecule is CCCC(CCO)CNc1cccnc1[N+](=O)[O-]. The minimum absolute atomic E-state index is 0.140. The van der Waals surface area contributed by atoms with E-state index < -0.39 is 4.92 Å². The fourth-order valence-corrected chi connectivity index (χ4v) is 1.87. The van der Waals surface area contributed by atoms with Gasteiger partial charge in [-0.2, -0.15) is 0 Å².